The van der Waals surface area contributed by atoms with Crippen molar-refractivity contribution in [3.63, 3.8) is 0 Å². The van der Waals surface area contributed by atoms with Gasteiger partial charge >= 0.3 is 0 Å². The summed E-state index contributed by atoms with van der Waals surface area (Å²) in [5.41, 5.74) is 2.07. The van der Waals surface area contributed by atoms with Crippen molar-refractivity contribution in [1.29, 1.82) is 5.26 Å². The molecular formula is C17H22N6O2S. The molecule has 1 saturated heterocycles. The summed E-state index contributed by atoms with van der Waals surface area (Å²) in [5, 5.41) is 20.7. The van der Waals surface area contributed by atoms with Crippen molar-refractivity contribution < 1.29 is 9.26 Å². The fourth-order valence-corrected chi connectivity index (χ4v) is 4.43. The lowest BCUT2D eigenvalue weighted by molar-refractivity contribution is 0.0768. The smallest absolute Gasteiger partial charge is 0.188 e. The van der Waals surface area contributed by atoms with Crippen LogP contribution in [-0.2, 0) is 4.74 Å². The summed E-state index contributed by atoms with van der Waals surface area (Å²) in [7, 11) is 0. The molecule has 1 aliphatic carbocycles. The van der Waals surface area contributed by atoms with E-state index in [4.69, 9.17) is 9.26 Å². The van der Waals surface area contributed by atoms with Crippen molar-refractivity contribution >= 4 is 12.1 Å². The summed E-state index contributed by atoms with van der Waals surface area (Å²) in [5.74, 6) is 0.863. The zero-order valence-electron chi connectivity index (χ0n) is 14.5. The lowest BCUT2D eigenvalue weighted by Gasteiger charge is -2.31. The largest absolute Gasteiger partial charge is 0.379 e. The zero-order valence-corrected chi connectivity index (χ0v) is 15.3. The monoisotopic (exact) mass is 374 g/mol. The van der Waals surface area contributed by atoms with Crippen molar-refractivity contribution in [2.45, 2.75) is 37.6 Å². The third kappa shape index (κ3) is 3.78. The molecule has 0 bridgehead atoms. The molecule has 0 atom stereocenters. The van der Waals surface area contributed by atoms with E-state index in [1.807, 2.05) is 0 Å². The van der Waals surface area contributed by atoms with Crippen LogP contribution in [0.1, 0.15) is 42.9 Å². The molecule has 8 nitrogen and oxygen atoms in total. The number of aromatic nitrogens is 3. The average molecular weight is 374 g/mol. The third-order valence-corrected chi connectivity index (χ3v) is 6.09. The van der Waals surface area contributed by atoms with Crippen LogP contribution in [-0.4, -0.2) is 52.0 Å². The molecule has 0 aromatic carbocycles. The second kappa shape index (κ2) is 8.22. The molecule has 138 valence electrons. The number of hydrogen-bond donors (Lipinski definition) is 2. The van der Waals surface area contributed by atoms with Crippen LogP contribution in [0.3, 0.4) is 0 Å². The Balaban J connectivity index is 1.34. The Morgan fingerprint density at radius 2 is 2.08 bits per heavy atom. The quantitative estimate of drug-likeness (QED) is 0.769. The molecule has 3 heterocycles. The van der Waals surface area contributed by atoms with E-state index in [0.717, 1.165) is 57.7 Å². The first-order valence-electron chi connectivity index (χ1n) is 8.99. The maximum Gasteiger partial charge on any atom is 0.188 e. The van der Waals surface area contributed by atoms with Gasteiger partial charge in [-0.2, -0.15) is 10.4 Å². The summed E-state index contributed by atoms with van der Waals surface area (Å²) in [6, 6.07) is 4.52. The van der Waals surface area contributed by atoms with Gasteiger partial charge in [-0.05, 0) is 25.7 Å². The van der Waals surface area contributed by atoms with Gasteiger partial charge in [0.05, 0.1) is 25.1 Å². The predicted molar refractivity (Wildman–Crippen MR) is 96.9 cm³/mol. The van der Waals surface area contributed by atoms with Crippen molar-refractivity contribution in [1.82, 2.24) is 24.4 Å². The third-order valence-electron chi connectivity index (χ3n) is 5.03. The standard InChI is InChI=1S/C17H22N6O2S/c18-11-14-16(20-21-17(14)15-5-6-19-25-15)12-1-3-13(4-2-12)22-26-23-7-9-24-10-8-23/h5-6,12-13,22H,1-4,7-10H2,(H,20,21). The van der Waals surface area contributed by atoms with Gasteiger partial charge in [-0.25, -0.2) is 9.03 Å². The number of hydrogen-bond acceptors (Lipinski definition) is 8. The van der Waals surface area contributed by atoms with Crippen LogP contribution in [0.4, 0.5) is 0 Å². The summed E-state index contributed by atoms with van der Waals surface area (Å²) in [4.78, 5) is 0. The normalized spacial score (nSPS) is 24.4. The van der Waals surface area contributed by atoms with E-state index in [1.54, 1.807) is 24.4 Å². The van der Waals surface area contributed by atoms with Gasteiger partial charge in [0.25, 0.3) is 0 Å². The van der Waals surface area contributed by atoms with Gasteiger partial charge in [-0.15, -0.1) is 0 Å². The van der Waals surface area contributed by atoms with Crippen molar-refractivity contribution in [3.05, 3.63) is 23.5 Å². The summed E-state index contributed by atoms with van der Waals surface area (Å²) in [6.07, 6.45) is 5.81. The Labute approximate surface area is 156 Å². The van der Waals surface area contributed by atoms with Crippen LogP contribution in [0.5, 0.6) is 0 Å². The van der Waals surface area contributed by atoms with Gasteiger partial charge in [0, 0.05) is 43.2 Å². The first-order chi connectivity index (χ1) is 12.8. The molecule has 0 unspecified atom stereocenters. The van der Waals surface area contributed by atoms with Gasteiger partial charge in [-0.3, -0.25) is 5.10 Å². The fraction of sp³-hybridized carbons (Fsp3) is 0.588. The molecule has 2 aromatic heterocycles. The van der Waals surface area contributed by atoms with Crippen molar-refractivity contribution in [2.24, 2.45) is 0 Å². The van der Waals surface area contributed by atoms with E-state index >= 15 is 0 Å². The lowest BCUT2D eigenvalue weighted by Crippen LogP contribution is -2.37. The molecule has 2 aromatic rings. The maximum absolute atomic E-state index is 9.59. The molecule has 9 heteroatoms. The van der Waals surface area contributed by atoms with Gasteiger partial charge in [0.15, 0.2) is 5.76 Å². The van der Waals surface area contributed by atoms with E-state index in [0.29, 0.717) is 29.0 Å². The minimum Gasteiger partial charge on any atom is -0.379 e. The number of rotatable bonds is 5. The van der Waals surface area contributed by atoms with Gasteiger partial charge in [0.2, 0.25) is 0 Å². The molecule has 2 N–H and O–H groups in total. The van der Waals surface area contributed by atoms with Crippen molar-refractivity contribution in [2.75, 3.05) is 26.3 Å². The first-order valence-corrected chi connectivity index (χ1v) is 9.77. The van der Waals surface area contributed by atoms with E-state index in [2.05, 4.69) is 30.5 Å². The summed E-state index contributed by atoms with van der Waals surface area (Å²) >= 11 is 1.72. The molecule has 0 radical (unpaired) electrons. The highest BCUT2D eigenvalue weighted by Crippen LogP contribution is 2.36. The number of ether oxygens (including phenoxy) is 1. The number of nitrogens with zero attached hydrogens (tertiary/aromatic N) is 4. The molecule has 26 heavy (non-hydrogen) atoms. The van der Waals surface area contributed by atoms with Gasteiger partial charge in [-0.1, -0.05) is 5.16 Å². The predicted octanol–water partition coefficient (Wildman–Crippen LogP) is 2.45. The second-order valence-corrected chi connectivity index (χ2v) is 7.58. The van der Waals surface area contributed by atoms with Crippen LogP contribution in [0.25, 0.3) is 11.5 Å². The number of nitrogens with one attached hydrogen (secondary N) is 2. The summed E-state index contributed by atoms with van der Waals surface area (Å²) in [6.45, 7) is 3.56. The van der Waals surface area contributed by atoms with Gasteiger partial charge < -0.3 is 9.26 Å². The molecule has 0 spiro atoms. The molecule has 4 rings (SSSR count). The minimum absolute atomic E-state index is 0.334. The Bertz CT molecular complexity index is 742. The van der Waals surface area contributed by atoms with Gasteiger partial charge in [0.1, 0.15) is 17.3 Å². The molecule has 1 saturated carbocycles. The molecule has 2 aliphatic rings. The number of aromatic amines is 1. The van der Waals surface area contributed by atoms with Crippen LogP contribution < -0.4 is 4.72 Å². The first kappa shape index (κ1) is 17.5. The topological polar surface area (TPSA) is 103 Å². The maximum atomic E-state index is 9.59. The van der Waals surface area contributed by atoms with E-state index in [1.165, 1.54) is 0 Å². The highest BCUT2D eigenvalue weighted by atomic mass is 32.2. The highest BCUT2D eigenvalue weighted by molar-refractivity contribution is 7.95. The fourth-order valence-electron chi connectivity index (χ4n) is 3.57. The molecule has 1 aliphatic heterocycles. The SMILES string of the molecule is N#Cc1c(-c2ccno2)n[nH]c1C1CCC(NSN2CCOCC2)CC1. The van der Waals surface area contributed by atoms with E-state index in [9.17, 15) is 5.26 Å². The zero-order chi connectivity index (χ0) is 17.8. The van der Waals surface area contributed by atoms with Crippen LogP contribution in [0.15, 0.2) is 16.8 Å². The van der Waals surface area contributed by atoms with Crippen LogP contribution in [0, 0.1) is 11.3 Å². The minimum atomic E-state index is 0.334. The Kier molecular flexibility index (Phi) is 5.55. The number of H-pyrrole nitrogens is 1. The lowest BCUT2D eigenvalue weighted by atomic mass is 9.83. The Hall–Kier alpha value is -1.86. The van der Waals surface area contributed by atoms with Crippen LogP contribution >= 0.6 is 12.1 Å². The Morgan fingerprint density at radius 1 is 1.27 bits per heavy atom. The molecule has 2 fully saturated rings. The second-order valence-electron chi connectivity index (χ2n) is 6.65. The van der Waals surface area contributed by atoms with Crippen LogP contribution in [0.2, 0.25) is 0 Å². The Morgan fingerprint density at radius 3 is 2.77 bits per heavy atom. The molecule has 0 amide bonds. The van der Waals surface area contributed by atoms with E-state index in [-0.39, 0.29) is 0 Å². The average Bonchev–Trinajstić information content (AvgIpc) is 3.36. The number of nitriles is 1. The summed E-state index contributed by atoms with van der Waals surface area (Å²) < 4.78 is 16.4. The van der Waals surface area contributed by atoms with Crippen molar-refractivity contribution in [3.8, 4) is 17.5 Å². The van der Waals surface area contributed by atoms with E-state index < -0.39 is 0 Å². The highest BCUT2D eigenvalue weighted by Gasteiger charge is 2.28. The number of morpholine rings is 1. The molecular weight excluding hydrogens is 352 g/mol.